The van der Waals surface area contributed by atoms with Gasteiger partial charge in [-0.25, -0.2) is 29.9 Å². The molecule has 452 valence electrons. The highest BCUT2D eigenvalue weighted by Crippen LogP contribution is 2.35. The topological polar surface area (TPSA) is 210 Å². The lowest BCUT2D eigenvalue weighted by atomic mass is 9.81. The van der Waals surface area contributed by atoms with Crippen LogP contribution in [0.15, 0.2) is 183 Å². The number of anilines is 2. The number of aryl methyl sites for hydroxylation is 4. The zero-order valence-electron chi connectivity index (χ0n) is 47.4. The maximum Gasteiger partial charge on any atom is 0.490 e. The van der Waals surface area contributed by atoms with Crippen molar-refractivity contribution in [2.24, 2.45) is 0 Å². The Morgan fingerprint density at radius 1 is 0.472 bits per heavy atom. The number of halogens is 7. The normalized spacial score (nSPS) is 10.6. The molecule has 0 aliphatic rings. The molecule has 0 aliphatic heterocycles. The third-order valence-electron chi connectivity index (χ3n) is 12.4. The zero-order valence-corrected chi connectivity index (χ0v) is 58.5. The van der Waals surface area contributed by atoms with Crippen molar-refractivity contribution < 1.29 is 24.5 Å². The number of hydrogen-bond acceptors (Lipinski definition) is 17. The molecule has 0 spiro atoms. The minimum absolute atomic E-state index is 0.182. The largest absolute Gasteiger partial charge is 0.490 e. The molecule has 0 saturated heterocycles. The van der Waals surface area contributed by atoms with E-state index in [9.17, 15) is 4.39 Å². The summed E-state index contributed by atoms with van der Waals surface area (Å²) >= 11 is 36.2. The van der Waals surface area contributed by atoms with Crippen LogP contribution in [0, 0.1) is 33.6 Å². The van der Waals surface area contributed by atoms with Crippen LogP contribution in [-0.4, -0.2) is 64.2 Å². The van der Waals surface area contributed by atoms with Crippen LogP contribution in [0.2, 0.25) is 15.1 Å². The standard InChI is InChI=1S/C14H9BrClNS.C14H10ClNS.C8H7BrN2S.C8H6BrNS.C8H8N2S.C6H6BClO2.C5H5BFNO2/c15-7-9-4-12(10-2-1-3-11(16)6-10)14-13(5-9)18-8-17-14;1-9-5-12(10-3-2-4-11(15)7-10)14-13(6-9)17-8-16-14;1-4-2-5(9)7-6(3-4)12-8(10)11-7;1-5-2-6(9)8-7(3-5)11-4-10-8;1-5-2-3-6-7(4-5)11-8(9)10-6;8-6-3-1-2-5(4-6)7(9)10;7-5-2-1-4(3-8-5)6(9)10/h1-6,8H,7H2;2-8H,1H3;2-3H,1H3,(H2,10,11);2-4H,1H3;2-4H,1H3,(H2,9,10);1-4,9-10H;1-3,9-10H. The van der Waals surface area contributed by atoms with Gasteiger partial charge in [-0.3, -0.25) is 0 Å². The number of thiazole rings is 5. The Bertz CT molecular complexity index is 4680. The first-order chi connectivity index (χ1) is 42.6. The number of nitrogens with zero attached hydrogens (tertiary/aromatic N) is 6. The average molecular weight is 1530 g/mol. The van der Waals surface area contributed by atoms with E-state index in [-0.39, 0.29) is 5.46 Å². The lowest BCUT2D eigenvalue weighted by Crippen LogP contribution is -2.30. The van der Waals surface area contributed by atoms with Gasteiger partial charge in [0.25, 0.3) is 0 Å². The third-order valence-corrected chi connectivity index (χ3v) is 19.0. The fourth-order valence-corrected chi connectivity index (χ4v) is 15.0. The third kappa shape index (κ3) is 19.8. The minimum atomic E-state index is -1.58. The molecule has 0 aliphatic carbocycles. The second kappa shape index (κ2) is 33.0. The number of alkyl halides is 1. The Morgan fingerprint density at radius 3 is 1.49 bits per heavy atom. The van der Waals surface area contributed by atoms with Crippen molar-refractivity contribution in [1.82, 2.24) is 29.9 Å². The van der Waals surface area contributed by atoms with Crippen molar-refractivity contribution in [3.63, 3.8) is 0 Å². The molecular formula is C63H51B2Br3Cl3FN8O4S5. The average Bonchev–Trinajstić information content (AvgIpc) is 2.53. The van der Waals surface area contributed by atoms with Crippen LogP contribution in [0.3, 0.4) is 0 Å². The Morgan fingerprint density at radius 2 is 0.955 bits per heavy atom. The monoisotopic (exact) mass is 1530 g/mol. The summed E-state index contributed by atoms with van der Waals surface area (Å²) in [6.07, 6.45) is 1.07. The predicted molar refractivity (Wildman–Crippen MR) is 390 cm³/mol. The number of fused-ring (bicyclic) bond motifs is 5. The Hall–Kier alpha value is -5.83. The first-order valence-corrected chi connectivity index (χ1v) is 34.5. The summed E-state index contributed by atoms with van der Waals surface area (Å²) in [7, 11) is -3.01. The fraction of sp³-hybridized carbons (Fsp3) is 0.0794. The summed E-state index contributed by atoms with van der Waals surface area (Å²) in [6.45, 7) is 8.31. The molecular weight excluding hydrogens is 1480 g/mol. The molecule has 89 heavy (non-hydrogen) atoms. The van der Waals surface area contributed by atoms with Gasteiger partial charge in [-0.2, -0.15) is 4.39 Å². The van der Waals surface area contributed by atoms with Crippen LogP contribution in [-0.2, 0) is 5.33 Å². The zero-order chi connectivity index (χ0) is 63.9. The van der Waals surface area contributed by atoms with Gasteiger partial charge in [-0.05, 0) is 207 Å². The van der Waals surface area contributed by atoms with Gasteiger partial charge < -0.3 is 31.6 Å². The first kappa shape index (κ1) is 69.1. The summed E-state index contributed by atoms with van der Waals surface area (Å²) in [6, 6.07) is 47.8. The van der Waals surface area contributed by atoms with Crippen LogP contribution in [0.5, 0.6) is 0 Å². The molecule has 0 saturated carbocycles. The molecule has 14 aromatic rings. The van der Waals surface area contributed by atoms with Crippen molar-refractivity contribution in [3.8, 4) is 22.3 Å². The Labute approximate surface area is 573 Å². The number of aromatic nitrogens is 6. The minimum Gasteiger partial charge on any atom is -0.423 e. The number of pyridine rings is 1. The summed E-state index contributed by atoms with van der Waals surface area (Å²) in [5.74, 6) is -0.635. The second-order valence-electron chi connectivity index (χ2n) is 19.3. The van der Waals surface area contributed by atoms with E-state index in [4.69, 9.17) is 66.4 Å². The quantitative estimate of drug-likeness (QED) is 0.0540. The molecule has 0 fully saturated rings. The van der Waals surface area contributed by atoms with Crippen molar-refractivity contribution in [1.29, 1.82) is 0 Å². The van der Waals surface area contributed by atoms with Crippen LogP contribution >= 0.6 is 139 Å². The molecule has 6 heterocycles. The van der Waals surface area contributed by atoms with E-state index in [1.54, 1.807) is 52.2 Å². The molecule has 12 nitrogen and oxygen atoms in total. The van der Waals surface area contributed by atoms with Gasteiger partial charge in [0.05, 0.1) is 67.6 Å². The molecule has 0 unspecified atom stereocenters. The van der Waals surface area contributed by atoms with Gasteiger partial charge in [-0.15, -0.1) is 34.0 Å². The van der Waals surface area contributed by atoms with Crippen LogP contribution in [0.25, 0.3) is 73.3 Å². The maximum atomic E-state index is 12.1. The van der Waals surface area contributed by atoms with E-state index in [1.807, 2.05) is 71.1 Å². The summed E-state index contributed by atoms with van der Waals surface area (Å²) < 4.78 is 20.2. The van der Waals surface area contributed by atoms with Gasteiger partial charge in [0, 0.05) is 52.1 Å². The smallest absolute Gasteiger partial charge is 0.423 e. The van der Waals surface area contributed by atoms with Gasteiger partial charge in [0.1, 0.15) is 0 Å². The molecule has 6 aromatic heterocycles. The van der Waals surface area contributed by atoms with E-state index in [1.165, 1.54) is 81.4 Å². The summed E-state index contributed by atoms with van der Waals surface area (Å²) in [4.78, 5) is 24.7. The highest BCUT2D eigenvalue weighted by molar-refractivity contribution is 9.11. The van der Waals surface area contributed by atoms with E-state index in [0.717, 1.165) is 91.1 Å². The second-order valence-corrected chi connectivity index (χ2v) is 27.7. The van der Waals surface area contributed by atoms with Gasteiger partial charge in [-0.1, -0.05) is 122 Å². The van der Waals surface area contributed by atoms with Crippen molar-refractivity contribution in [2.75, 3.05) is 11.5 Å². The lowest BCUT2D eigenvalue weighted by molar-refractivity contribution is 0.424. The molecule has 8 N–H and O–H groups in total. The van der Waals surface area contributed by atoms with E-state index in [0.29, 0.717) is 20.7 Å². The van der Waals surface area contributed by atoms with Crippen molar-refractivity contribution >= 4 is 226 Å². The van der Waals surface area contributed by atoms with Crippen LogP contribution in [0.4, 0.5) is 14.7 Å². The van der Waals surface area contributed by atoms with Crippen LogP contribution < -0.4 is 22.4 Å². The Kier molecular flexibility index (Phi) is 25.6. The van der Waals surface area contributed by atoms with E-state index in [2.05, 4.69) is 166 Å². The summed E-state index contributed by atoms with van der Waals surface area (Å²) in [5.41, 5.74) is 33.3. The molecule has 8 aromatic carbocycles. The fourth-order valence-electron chi connectivity index (χ4n) is 8.40. The molecule has 26 heteroatoms. The Balaban J connectivity index is 0.000000136. The number of nitrogen functional groups attached to an aromatic ring is 2. The van der Waals surface area contributed by atoms with Gasteiger partial charge in [0.15, 0.2) is 10.3 Å². The highest BCUT2D eigenvalue weighted by atomic mass is 79.9. The molecule has 0 bridgehead atoms. The number of hydrogen-bond donors (Lipinski definition) is 6. The summed E-state index contributed by atoms with van der Waals surface area (Å²) in [5, 5.41) is 38.4. The SMILES string of the molecule is Cc1cc(-c2cccc(Cl)c2)c2ncsc2c1.Cc1cc(Br)c2nc(N)sc2c1.Cc1cc(Br)c2ncsc2c1.Cc1ccc2nc(N)sc2c1.Clc1cccc(-c2cc(CBr)cc3scnc23)c1.OB(O)c1ccc(F)nc1.OB(O)c1cccc(Cl)c1. The first-order valence-electron chi connectivity index (χ1n) is 26.4. The highest BCUT2D eigenvalue weighted by Gasteiger charge is 2.13. The molecule has 0 amide bonds. The van der Waals surface area contributed by atoms with Crippen molar-refractivity contribution in [2.45, 2.75) is 33.0 Å². The van der Waals surface area contributed by atoms with E-state index < -0.39 is 20.2 Å². The number of rotatable bonds is 5. The molecule has 0 radical (unpaired) electrons. The number of nitrogens with two attached hydrogens (primary N) is 2. The molecule has 14 rings (SSSR count). The number of benzene rings is 8. The van der Waals surface area contributed by atoms with Crippen LogP contribution in [0.1, 0.15) is 27.8 Å². The lowest BCUT2D eigenvalue weighted by Gasteiger charge is -2.06. The molecule has 0 atom stereocenters. The maximum absolute atomic E-state index is 12.1. The van der Waals surface area contributed by atoms with Gasteiger partial charge >= 0.3 is 14.2 Å². The van der Waals surface area contributed by atoms with E-state index >= 15 is 0 Å². The predicted octanol–water partition coefficient (Wildman–Crippen LogP) is 17.9. The van der Waals surface area contributed by atoms with Crippen molar-refractivity contribution in [3.05, 3.63) is 232 Å². The van der Waals surface area contributed by atoms with Gasteiger partial charge in [0.2, 0.25) is 5.95 Å².